The van der Waals surface area contributed by atoms with Crippen LogP contribution in [0.5, 0.6) is 0 Å². The number of piperidine rings is 1. The Hall–Kier alpha value is -2.38. The first-order chi connectivity index (χ1) is 11.0. The van der Waals surface area contributed by atoms with Gasteiger partial charge in [0.1, 0.15) is 18.9 Å². The summed E-state index contributed by atoms with van der Waals surface area (Å²) in [6, 6.07) is 3.09. The summed E-state index contributed by atoms with van der Waals surface area (Å²) in [5, 5.41) is 6.65. The molecule has 1 saturated heterocycles. The molecule has 8 nitrogen and oxygen atoms in total. The van der Waals surface area contributed by atoms with Crippen LogP contribution >= 0.6 is 0 Å². The number of carbonyl (C=O) groups excluding carboxylic acids is 2. The van der Waals surface area contributed by atoms with Gasteiger partial charge in [-0.25, -0.2) is 4.68 Å². The zero-order valence-corrected chi connectivity index (χ0v) is 13.4. The highest BCUT2D eigenvalue weighted by Crippen LogP contribution is 2.20. The molecule has 0 spiro atoms. The van der Waals surface area contributed by atoms with E-state index < -0.39 is 11.9 Å². The van der Waals surface area contributed by atoms with E-state index in [-0.39, 0.29) is 18.6 Å². The van der Waals surface area contributed by atoms with E-state index in [2.05, 4.69) is 27.0 Å². The Morgan fingerprint density at radius 3 is 2.70 bits per heavy atom. The van der Waals surface area contributed by atoms with Gasteiger partial charge in [0.05, 0.1) is 7.11 Å². The van der Waals surface area contributed by atoms with Crippen molar-refractivity contribution in [2.24, 2.45) is 5.92 Å². The van der Waals surface area contributed by atoms with Gasteiger partial charge >= 0.3 is 5.97 Å². The number of aromatic nitrogens is 2. The molecule has 2 heterocycles. The Labute approximate surface area is 134 Å². The second kappa shape index (κ2) is 7.75. The molecule has 126 valence electrons. The number of hydrogen-bond donors (Lipinski definition) is 1. The molecule has 8 heteroatoms. The van der Waals surface area contributed by atoms with Crippen LogP contribution in [0.15, 0.2) is 16.9 Å². The average Bonchev–Trinajstić information content (AvgIpc) is 2.55. The summed E-state index contributed by atoms with van der Waals surface area (Å²) < 4.78 is 5.55. The molecule has 0 atom stereocenters. The van der Waals surface area contributed by atoms with Crippen LogP contribution in [0.1, 0.15) is 19.8 Å². The molecule has 2 rings (SSSR count). The number of amides is 1. The Kier molecular flexibility index (Phi) is 5.72. The summed E-state index contributed by atoms with van der Waals surface area (Å²) in [5.74, 6) is 0.378. The van der Waals surface area contributed by atoms with Crippen molar-refractivity contribution in [3.05, 3.63) is 22.5 Å². The van der Waals surface area contributed by atoms with Crippen LogP contribution < -0.4 is 15.8 Å². The van der Waals surface area contributed by atoms with Gasteiger partial charge in [0, 0.05) is 19.2 Å². The van der Waals surface area contributed by atoms with E-state index in [1.54, 1.807) is 6.07 Å². The van der Waals surface area contributed by atoms with Gasteiger partial charge in [0.15, 0.2) is 0 Å². The lowest BCUT2D eigenvalue weighted by Gasteiger charge is -2.31. The van der Waals surface area contributed by atoms with Crippen LogP contribution in [0.3, 0.4) is 0 Å². The number of hydrogen-bond acceptors (Lipinski definition) is 6. The van der Waals surface area contributed by atoms with Crippen molar-refractivity contribution in [2.45, 2.75) is 26.3 Å². The van der Waals surface area contributed by atoms with Crippen molar-refractivity contribution >= 4 is 17.7 Å². The van der Waals surface area contributed by atoms with E-state index in [4.69, 9.17) is 0 Å². The molecule has 1 aromatic rings. The lowest BCUT2D eigenvalue weighted by molar-refractivity contribution is -0.141. The number of ether oxygens (including phenoxy) is 1. The minimum Gasteiger partial charge on any atom is -0.468 e. The third-order valence-corrected chi connectivity index (χ3v) is 3.91. The summed E-state index contributed by atoms with van der Waals surface area (Å²) >= 11 is 0. The zero-order chi connectivity index (χ0) is 16.8. The maximum absolute atomic E-state index is 11.8. The van der Waals surface area contributed by atoms with Crippen LogP contribution in [0.25, 0.3) is 0 Å². The Balaban J connectivity index is 2.01. The standard InChI is InChI=1S/C15H22N4O4/c1-11-5-7-18(8-6-11)12-3-4-14(21)19(17-12)10-13(20)16-9-15(22)23-2/h3-4,11H,5-10H2,1-2H3,(H,16,20). The first kappa shape index (κ1) is 17.0. The molecule has 1 aliphatic rings. The quantitative estimate of drug-likeness (QED) is 0.753. The second-order valence-corrected chi connectivity index (χ2v) is 5.71. The molecule has 1 aromatic heterocycles. The molecule has 0 aliphatic carbocycles. The summed E-state index contributed by atoms with van der Waals surface area (Å²) in [5.41, 5.74) is -0.354. The zero-order valence-electron chi connectivity index (χ0n) is 13.4. The van der Waals surface area contributed by atoms with E-state index in [9.17, 15) is 14.4 Å². The molecule has 0 aromatic carbocycles. The van der Waals surface area contributed by atoms with E-state index in [1.807, 2.05) is 0 Å². The average molecular weight is 322 g/mol. The maximum atomic E-state index is 11.8. The topological polar surface area (TPSA) is 93.5 Å². The number of carbonyl (C=O) groups is 2. The molecule has 1 amide bonds. The van der Waals surface area contributed by atoms with Crippen LogP contribution in [-0.2, 0) is 20.9 Å². The minimum absolute atomic E-state index is 0.228. The van der Waals surface area contributed by atoms with Gasteiger partial charge in [-0.15, -0.1) is 0 Å². The van der Waals surface area contributed by atoms with E-state index in [0.29, 0.717) is 11.7 Å². The predicted molar refractivity (Wildman–Crippen MR) is 84.1 cm³/mol. The molecule has 0 bridgehead atoms. The first-order valence-corrected chi connectivity index (χ1v) is 7.66. The summed E-state index contributed by atoms with van der Waals surface area (Å²) in [7, 11) is 1.24. The van der Waals surface area contributed by atoms with Gasteiger partial charge in [0.2, 0.25) is 5.91 Å². The maximum Gasteiger partial charge on any atom is 0.325 e. The smallest absolute Gasteiger partial charge is 0.325 e. The first-order valence-electron chi connectivity index (χ1n) is 7.66. The van der Waals surface area contributed by atoms with E-state index >= 15 is 0 Å². The summed E-state index contributed by atoms with van der Waals surface area (Å²) in [6.45, 7) is 3.54. The van der Waals surface area contributed by atoms with Crippen molar-refractivity contribution in [2.75, 3.05) is 31.6 Å². The predicted octanol–water partition coefficient (Wildman–Crippen LogP) is -0.231. The highest BCUT2D eigenvalue weighted by Gasteiger charge is 2.18. The summed E-state index contributed by atoms with van der Waals surface area (Å²) in [4.78, 5) is 36.7. The largest absolute Gasteiger partial charge is 0.468 e. The summed E-state index contributed by atoms with van der Waals surface area (Å²) in [6.07, 6.45) is 2.17. The highest BCUT2D eigenvalue weighted by molar-refractivity contribution is 5.81. The SMILES string of the molecule is COC(=O)CNC(=O)Cn1nc(N2CCC(C)CC2)ccc1=O. The van der Waals surface area contributed by atoms with Crippen molar-refractivity contribution in [3.63, 3.8) is 0 Å². The fraction of sp³-hybridized carbons (Fsp3) is 0.600. The molecule has 0 radical (unpaired) electrons. The van der Waals surface area contributed by atoms with Crippen LogP contribution in [0.4, 0.5) is 5.82 Å². The third-order valence-electron chi connectivity index (χ3n) is 3.91. The molecule has 1 N–H and O–H groups in total. The Morgan fingerprint density at radius 1 is 1.35 bits per heavy atom. The van der Waals surface area contributed by atoms with Crippen LogP contribution in [0, 0.1) is 5.92 Å². The van der Waals surface area contributed by atoms with Gasteiger partial charge in [-0.1, -0.05) is 6.92 Å². The number of rotatable bonds is 5. The van der Waals surface area contributed by atoms with Gasteiger partial charge in [-0.05, 0) is 24.8 Å². The lowest BCUT2D eigenvalue weighted by atomic mass is 9.99. The third kappa shape index (κ3) is 4.80. The molecule has 0 unspecified atom stereocenters. The highest BCUT2D eigenvalue weighted by atomic mass is 16.5. The fourth-order valence-electron chi connectivity index (χ4n) is 2.39. The van der Waals surface area contributed by atoms with Gasteiger partial charge in [0.25, 0.3) is 5.56 Å². The second-order valence-electron chi connectivity index (χ2n) is 5.71. The van der Waals surface area contributed by atoms with Crippen molar-refractivity contribution < 1.29 is 14.3 Å². The van der Waals surface area contributed by atoms with Crippen LogP contribution in [-0.4, -0.2) is 48.4 Å². The molecule has 0 saturated carbocycles. The Bertz CT molecular complexity index is 620. The number of nitrogens with zero attached hydrogens (tertiary/aromatic N) is 3. The number of anilines is 1. The van der Waals surface area contributed by atoms with Gasteiger partial charge < -0.3 is 15.0 Å². The van der Waals surface area contributed by atoms with Crippen molar-refractivity contribution in [1.29, 1.82) is 0 Å². The molecule has 1 fully saturated rings. The number of esters is 1. The number of methoxy groups -OCH3 is 1. The van der Waals surface area contributed by atoms with E-state index in [0.717, 1.165) is 30.6 Å². The molecular formula is C15H22N4O4. The lowest BCUT2D eigenvalue weighted by Crippen LogP contribution is -2.38. The fourth-order valence-corrected chi connectivity index (χ4v) is 2.39. The monoisotopic (exact) mass is 322 g/mol. The van der Waals surface area contributed by atoms with E-state index in [1.165, 1.54) is 13.2 Å². The number of nitrogens with one attached hydrogen (secondary N) is 1. The Morgan fingerprint density at radius 2 is 2.04 bits per heavy atom. The van der Waals surface area contributed by atoms with Gasteiger partial charge in [-0.3, -0.25) is 14.4 Å². The normalized spacial score (nSPS) is 15.3. The molecule has 1 aliphatic heterocycles. The van der Waals surface area contributed by atoms with Crippen molar-refractivity contribution in [1.82, 2.24) is 15.1 Å². The van der Waals surface area contributed by atoms with Crippen molar-refractivity contribution in [3.8, 4) is 0 Å². The molecule has 23 heavy (non-hydrogen) atoms. The van der Waals surface area contributed by atoms with Gasteiger partial charge in [-0.2, -0.15) is 5.10 Å². The van der Waals surface area contributed by atoms with Crippen LogP contribution in [0.2, 0.25) is 0 Å². The minimum atomic E-state index is -0.546. The molecular weight excluding hydrogens is 300 g/mol.